The number of piperidine rings is 1. The maximum atomic E-state index is 14.1. The fourth-order valence-electron chi connectivity index (χ4n) is 3.99. The molecule has 4 nitrogen and oxygen atoms in total. The van der Waals surface area contributed by atoms with E-state index >= 15 is 0 Å². The Morgan fingerprint density at radius 1 is 1.04 bits per heavy atom. The Morgan fingerprint density at radius 2 is 1.61 bits per heavy atom. The maximum absolute atomic E-state index is 14.1. The first-order valence-corrected chi connectivity index (χ1v) is 11.8. The van der Waals surface area contributed by atoms with Gasteiger partial charge in [-0.1, -0.05) is 6.07 Å². The number of hydrogen-bond donors (Lipinski definition) is 0. The van der Waals surface area contributed by atoms with Crippen LogP contribution in [-0.2, 0) is 16.4 Å². The standard InChI is InChI=1S/C20H29F3N2O2S/c1-14(11-17-5-6-18(21)20(23)19(17)22)24(12-15-3-4-15)13-16-7-9-25(10-8-16)28(2,26)27/h5-6,14-16H,3-4,7-13H2,1-2H3. The third-order valence-corrected chi connectivity index (χ3v) is 7.28. The summed E-state index contributed by atoms with van der Waals surface area (Å²) in [7, 11) is -3.14. The molecule has 2 fully saturated rings. The average Bonchev–Trinajstić information content (AvgIpc) is 3.45. The van der Waals surface area contributed by atoms with E-state index in [2.05, 4.69) is 4.90 Å². The Hall–Kier alpha value is -1.12. The first kappa shape index (κ1) is 21.6. The van der Waals surface area contributed by atoms with Gasteiger partial charge in [0, 0.05) is 32.2 Å². The Morgan fingerprint density at radius 3 is 2.14 bits per heavy atom. The van der Waals surface area contributed by atoms with Crippen molar-refractivity contribution in [3.05, 3.63) is 35.1 Å². The Labute approximate surface area is 165 Å². The van der Waals surface area contributed by atoms with Crippen LogP contribution >= 0.6 is 0 Å². The molecular weight excluding hydrogens is 389 g/mol. The summed E-state index contributed by atoms with van der Waals surface area (Å²) in [5, 5.41) is 0. The van der Waals surface area contributed by atoms with E-state index in [0.717, 1.165) is 32.0 Å². The summed E-state index contributed by atoms with van der Waals surface area (Å²) in [6, 6.07) is 2.30. The van der Waals surface area contributed by atoms with Crippen LogP contribution in [0.3, 0.4) is 0 Å². The molecule has 158 valence electrons. The molecule has 1 aromatic rings. The summed E-state index contributed by atoms with van der Waals surface area (Å²) in [5.74, 6) is -2.64. The van der Waals surface area contributed by atoms with Crippen LogP contribution in [-0.4, -0.2) is 56.1 Å². The quantitative estimate of drug-likeness (QED) is 0.608. The van der Waals surface area contributed by atoms with Gasteiger partial charge >= 0.3 is 0 Å². The molecule has 1 aromatic carbocycles. The minimum Gasteiger partial charge on any atom is -0.300 e. The molecule has 1 heterocycles. The normalized spacial score (nSPS) is 20.6. The van der Waals surface area contributed by atoms with Crippen molar-refractivity contribution in [1.29, 1.82) is 0 Å². The van der Waals surface area contributed by atoms with Crippen molar-refractivity contribution >= 4 is 10.0 Å². The third-order valence-electron chi connectivity index (χ3n) is 5.98. The lowest BCUT2D eigenvalue weighted by atomic mass is 9.95. The molecule has 1 saturated heterocycles. The predicted molar refractivity (Wildman–Crippen MR) is 103 cm³/mol. The van der Waals surface area contributed by atoms with E-state index in [4.69, 9.17) is 0 Å². The van der Waals surface area contributed by atoms with Gasteiger partial charge in [0.1, 0.15) is 0 Å². The van der Waals surface area contributed by atoms with Gasteiger partial charge in [0.05, 0.1) is 6.26 Å². The SMILES string of the molecule is CC(Cc1ccc(F)c(F)c1F)N(CC1CC1)CC1CCN(S(C)(=O)=O)CC1. The monoisotopic (exact) mass is 418 g/mol. The zero-order chi connectivity index (χ0) is 20.5. The topological polar surface area (TPSA) is 40.6 Å². The van der Waals surface area contributed by atoms with Crippen molar-refractivity contribution in [2.45, 2.75) is 45.1 Å². The van der Waals surface area contributed by atoms with Crippen LogP contribution in [0.15, 0.2) is 12.1 Å². The van der Waals surface area contributed by atoms with Crippen LogP contribution in [0.4, 0.5) is 13.2 Å². The van der Waals surface area contributed by atoms with Crippen LogP contribution < -0.4 is 0 Å². The molecule has 0 radical (unpaired) electrons. The molecule has 1 aliphatic heterocycles. The molecule has 0 spiro atoms. The van der Waals surface area contributed by atoms with Gasteiger partial charge in [-0.2, -0.15) is 0 Å². The molecular formula is C20H29F3N2O2S. The van der Waals surface area contributed by atoms with Crippen LogP contribution in [0.5, 0.6) is 0 Å². The number of nitrogens with zero attached hydrogens (tertiary/aromatic N) is 2. The predicted octanol–water partition coefficient (Wildman–Crippen LogP) is 3.42. The molecule has 1 unspecified atom stereocenters. The van der Waals surface area contributed by atoms with Crippen molar-refractivity contribution in [2.75, 3.05) is 32.4 Å². The Kier molecular flexibility index (Phi) is 6.72. The fourth-order valence-corrected chi connectivity index (χ4v) is 4.87. The van der Waals surface area contributed by atoms with E-state index in [1.165, 1.54) is 29.5 Å². The van der Waals surface area contributed by atoms with E-state index in [1.54, 1.807) is 0 Å². The van der Waals surface area contributed by atoms with E-state index in [-0.39, 0.29) is 11.6 Å². The van der Waals surface area contributed by atoms with E-state index in [1.807, 2.05) is 6.92 Å². The van der Waals surface area contributed by atoms with Crippen molar-refractivity contribution in [2.24, 2.45) is 11.8 Å². The van der Waals surface area contributed by atoms with Crippen LogP contribution in [0.1, 0.15) is 38.2 Å². The molecule has 0 aromatic heterocycles. The van der Waals surface area contributed by atoms with Gasteiger partial charge in [-0.05, 0) is 62.5 Å². The lowest BCUT2D eigenvalue weighted by molar-refractivity contribution is 0.140. The largest absolute Gasteiger partial charge is 0.300 e. The Bertz CT molecular complexity index is 791. The highest BCUT2D eigenvalue weighted by Gasteiger charge is 2.31. The molecule has 2 aliphatic rings. The number of halogens is 3. The number of hydrogen-bond acceptors (Lipinski definition) is 3. The van der Waals surface area contributed by atoms with Crippen LogP contribution in [0.2, 0.25) is 0 Å². The average molecular weight is 419 g/mol. The third kappa shape index (κ3) is 5.48. The van der Waals surface area contributed by atoms with Crippen molar-refractivity contribution in [1.82, 2.24) is 9.21 Å². The first-order valence-electron chi connectivity index (χ1n) is 9.96. The summed E-state index contributed by atoms with van der Waals surface area (Å²) in [4.78, 5) is 2.32. The fraction of sp³-hybridized carbons (Fsp3) is 0.700. The van der Waals surface area contributed by atoms with Gasteiger partial charge in [0.2, 0.25) is 10.0 Å². The number of rotatable bonds is 8. The second kappa shape index (κ2) is 8.71. The number of benzene rings is 1. The summed E-state index contributed by atoms with van der Waals surface area (Å²) >= 11 is 0. The smallest absolute Gasteiger partial charge is 0.211 e. The lowest BCUT2D eigenvalue weighted by Crippen LogP contribution is -2.44. The van der Waals surface area contributed by atoms with Gasteiger partial charge in [-0.15, -0.1) is 0 Å². The molecule has 3 rings (SSSR count). The van der Waals surface area contributed by atoms with Crippen molar-refractivity contribution in [3.63, 3.8) is 0 Å². The van der Waals surface area contributed by atoms with Gasteiger partial charge in [-0.25, -0.2) is 25.9 Å². The molecule has 8 heteroatoms. The minimum absolute atomic E-state index is 0.00658. The van der Waals surface area contributed by atoms with E-state index in [0.29, 0.717) is 31.3 Å². The minimum atomic E-state index is -3.14. The lowest BCUT2D eigenvalue weighted by Gasteiger charge is -2.36. The van der Waals surface area contributed by atoms with Crippen LogP contribution in [0.25, 0.3) is 0 Å². The summed E-state index contributed by atoms with van der Waals surface area (Å²) in [6.45, 7) is 4.80. The maximum Gasteiger partial charge on any atom is 0.211 e. The molecule has 0 N–H and O–H groups in total. The summed E-state index contributed by atoms with van der Waals surface area (Å²) in [5.41, 5.74) is 0.194. The second-order valence-electron chi connectivity index (χ2n) is 8.39. The molecule has 1 aliphatic carbocycles. The molecule has 1 atom stereocenters. The number of sulfonamides is 1. The van der Waals surface area contributed by atoms with Gasteiger partial charge in [-0.3, -0.25) is 4.90 Å². The van der Waals surface area contributed by atoms with Gasteiger partial charge < -0.3 is 0 Å². The zero-order valence-electron chi connectivity index (χ0n) is 16.5. The van der Waals surface area contributed by atoms with E-state index < -0.39 is 27.5 Å². The van der Waals surface area contributed by atoms with Crippen molar-refractivity contribution in [3.8, 4) is 0 Å². The van der Waals surface area contributed by atoms with E-state index in [9.17, 15) is 21.6 Å². The highest BCUT2D eigenvalue weighted by molar-refractivity contribution is 7.88. The highest BCUT2D eigenvalue weighted by Crippen LogP contribution is 2.32. The molecule has 0 bridgehead atoms. The molecule has 1 saturated carbocycles. The molecule has 0 amide bonds. The van der Waals surface area contributed by atoms with Gasteiger partial charge in [0.25, 0.3) is 0 Å². The molecule has 28 heavy (non-hydrogen) atoms. The summed E-state index contributed by atoms with van der Waals surface area (Å²) in [6.07, 6.45) is 5.55. The van der Waals surface area contributed by atoms with Crippen molar-refractivity contribution < 1.29 is 21.6 Å². The first-order chi connectivity index (χ1) is 13.1. The summed E-state index contributed by atoms with van der Waals surface area (Å²) < 4.78 is 65.7. The Balaban J connectivity index is 1.63. The zero-order valence-corrected chi connectivity index (χ0v) is 17.3. The second-order valence-corrected chi connectivity index (χ2v) is 10.4. The highest BCUT2D eigenvalue weighted by atomic mass is 32.2. The van der Waals surface area contributed by atoms with Gasteiger partial charge in [0.15, 0.2) is 17.5 Å². The van der Waals surface area contributed by atoms with Crippen LogP contribution in [0, 0.1) is 29.3 Å².